The molecule has 0 atom stereocenters. The molecule has 0 unspecified atom stereocenters. The first-order valence-electron chi connectivity index (χ1n) is 9.34. The van der Waals surface area contributed by atoms with Gasteiger partial charge in [0.25, 0.3) is 5.91 Å². The van der Waals surface area contributed by atoms with Crippen LogP contribution in [-0.2, 0) is 10.2 Å². The molecule has 1 aliphatic carbocycles. The van der Waals surface area contributed by atoms with Gasteiger partial charge in [-0.15, -0.1) is 0 Å². The van der Waals surface area contributed by atoms with Crippen molar-refractivity contribution in [2.75, 3.05) is 13.1 Å². The quantitative estimate of drug-likeness (QED) is 0.775. The summed E-state index contributed by atoms with van der Waals surface area (Å²) in [6, 6.07) is 10.9. The molecule has 0 bridgehead atoms. The lowest BCUT2D eigenvalue weighted by molar-refractivity contribution is -0.138. The van der Waals surface area contributed by atoms with Crippen molar-refractivity contribution in [3.63, 3.8) is 0 Å². The van der Waals surface area contributed by atoms with Gasteiger partial charge in [0, 0.05) is 35.4 Å². The molecule has 1 amide bonds. The van der Waals surface area contributed by atoms with E-state index in [1.807, 2.05) is 24.3 Å². The first-order chi connectivity index (χ1) is 13.4. The molecular formula is C21H24ClN3O3. The standard InChI is InChI=1S/C21H24ClN3O3/c22-17-5-1-4-16(11-17)21(14-23)8-6-18(7-9-21)25(13-19(26)27)20(28)15-3-2-10-24-12-15/h1-5,10-12,18H,6-9,13-14,23H2,(H,26,27). The Bertz CT molecular complexity index is 836. The summed E-state index contributed by atoms with van der Waals surface area (Å²) >= 11 is 6.16. The van der Waals surface area contributed by atoms with Gasteiger partial charge in [0.15, 0.2) is 0 Å². The largest absolute Gasteiger partial charge is 0.480 e. The van der Waals surface area contributed by atoms with Crippen LogP contribution in [0.1, 0.15) is 41.6 Å². The Morgan fingerprint density at radius 1 is 1.25 bits per heavy atom. The summed E-state index contributed by atoms with van der Waals surface area (Å²) in [4.78, 5) is 29.7. The highest BCUT2D eigenvalue weighted by atomic mass is 35.5. The summed E-state index contributed by atoms with van der Waals surface area (Å²) < 4.78 is 0. The highest BCUT2D eigenvalue weighted by Gasteiger charge is 2.39. The molecule has 148 valence electrons. The number of hydrogen-bond acceptors (Lipinski definition) is 4. The van der Waals surface area contributed by atoms with Crippen LogP contribution in [0, 0.1) is 0 Å². The van der Waals surface area contributed by atoms with Gasteiger partial charge in [0.2, 0.25) is 0 Å². The molecule has 1 fully saturated rings. The zero-order valence-electron chi connectivity index (χ0n) is 15.6. The molecule has 3 N–H and O–H groups in total. The number of rotatable bonds is 6. The maximum atomic E-state index is 12.9. The number of hydrogen-bond donors (Lipinski definition) is 2. The molecule has 0 saturated heterocycles. The van der Waals surface area contributed by atoms with Gasteiger partial charge in [0.05, 0.1) is 5.56 Å². The molecule has 0 spiro atoms. The Kier molecular flexibility index (Phi) is 6.31. The fourth-order valence-electron chi connectivity index (χ4n) is 4.06. The van der Waals surface area contributed by atoms with Gasteiger partial charge in [-0.3, -0.25) is 14.6 Å². The van der Waals surface area contributed by atoms with Crippen molar-refractivity contribution >= 4 is 23.5 Å². The van der Waals surface area contributed by atoms with Crippen molar-refractivity contribution in [1.82, 2.24) is 9.88 Å². The third-order valence-electron chi connectivity index (χ3n) is 5.66. The number of carbonyl (C=O) groups excluding carboxylic acids is 1. The molecule has 0 radical (unpaired) electrons. The van der Waals surface area contributed by atoms with E-state index in [1.165, 1.54) is 11.1 Å². The lowest BCUT2D eigenvalue weighted by Gasteiger charge is -2.43. The third-order valence-corrected chi connectivity index (χ3v) is 5.89. The number of aliphatic carboxylic acids is 1. The van der Waals surface area contributed by atoms with E-state index in [-0.39, 0.29) is 23.9 Å². The van der Waals surface area contributed by atoms with Gasteiger partial charge >= 0.3 is 5.97 Å². The zero-order chi connectivity index (χ0) is 20.1. The van der Waals surface area contributed by atoms with E-state index < -0.39 is 5.97 Å². The minimum absolute atomic E-state index is 0.150. The molecule has 3 rings (SSSR count). The second-order valence-electron chi connectivity index (χ2n) is 7.29. The number of carboxylic acid groups (broad SMARTS) is 1. The van der Waals surface area contributed by atoms with Crippen molar-refractivity contribution in [2.24, 2.45) is 5.73 Å². The van der Waals surface area contributed by atoms with Gasteiger partial charge < -0.3 is 15.7 Å². The van der Waals surface area contributed by atoms with E-state index >= 15 is 0 Å². The fraction of sp³-hybridized carbons (Fsp3) is 0.381. The summed E-state index contributed by atoms with van der Waals surface area (Å²) in [6.07, 6.45) is 5.96. The van der Waals surface area contributed by atoms with Crippen LogP contribution in [0.25, 0.3) is 0 Å². The smallest absolute Gasteiger partial charge is 0.323 e. The summed E-state index contributed by atoms with van der Waals surface area (Å²) in [5.74, 6) is -1.33. The van der Waals surface area contributed by atoms with E-state index in [9.17, 15) is 14.7 Å². The molecule has 1 aliphatic rings. The molecule has 2 aromatic rings. The summed E-state index contributed by atoms with van der Waals surface area (Å²) in [6.45, 7) is 0.154. The number of halogens is 1. The maximum absolute atomic E-state index is 12.9. The molecule has 1 saturated carbocycles. The first kappa shape index (κ1) is 20.3. The first-order valence-corrected chi connectivity index (χ1v) is 9.72. The number of nitrogens with zero attached hydrogens (tertiary/aromatic N) is 2. The zero-order valence-corrected chi connectivity index (χ0v) is 16.3. The lowest BCUT2D eigenvalue weighted by Crippen LogP contribution is -2.49. The Balaban J connectivity index is 1.79. The summed E-state index contributed by atoms with van der Waals surface area (Å²) in [5.41, 5.74) is 7.45. The average molecular weight is 402 g/mol. The second kappa shape index (κ2) is 8.71. The Labute approximate surface area is 169 Å². The van der Waals surface area contributed by atoms with Crippen LogP contribution in [0.3, 0.4) is 0 Å². The number of carbonyl (C=O) groups is 2. The molecule has 1 aromatic carbocycles. The highest BCUT2D eigenvalue weighted by molar-refractivity contribution is 6.30. The molecule has 1 aromatic heterocycles. The van der Waals surface area contributed by atoms with Crippen molar-refractivity contribution in [3.05, 3.63) is 64.9 Å². The maximum Gasteiger partial charge on any atom is 0.323 e. The van der Waals surface area contributed by atoms with Crippen LogP contribution in [-0.4, -0.2) is 46.0 Å². The monoisotopic (exact) mass is 401 g/mol. The van der Waals surface area contributed by atoms with Crippen molar-refractivity contribution in [3.8, 4) is 0 Å². The van der Waals surface area contributed by atoms with E-state index in [2.05, 4.69) is 4.98 Å². The minimum atomic E-state index is -1.03. The van der Waals surface area contributed by atoms with Crippen LogP contribution in [0.15, 0.2) is 48.8 Å². The number of amides is 1. The van der Waals surface area contributed by atoms with Gasteiger partial charge in [-0.25, -0.2) is 0 Å². The molecule has 0 aliphatic heterocycles. The highest BCUT2D eigenvalue weighted by Crippen LogP contribution is 2.41. The van der Waals surface area contributed by atoms with E-state index in [0.29, 0.717) is 30.0 Å². The Morgan fingerprint density at radius 2 is 2.00 bits per heavy atom. The SMILES string of the molecule is NCC1(c2cccc(Cl)c2)CCC(N(CC(=O)O)C(=O)c2cccnc2)CC1. The lowest BCUT2D eigenvalue weighted by atomic mass is 9.68. The van der Waals surface area contributed by atoms with E-state index in [4.69, 9.17) is 17.3 Å². The van der Waals surface area contributed by atoms with Gasteiger partial charge in [-0.1, -0.05) is 23.7 Å². The van der Waals surface area contributed by atoms with Gasteiger partial charge in [-0.05, 0) is 55.5 Å². The number of pyridine rings is 1. The van der Waals surface area contributed by atoms with E-state index in [0.717, 1.165) is 18.4 Å². The van der Waals surface area contributed by atoms with Gasteiger partial charge in [0.1, 0.15) is 6.54 Å². The molecule has 1 heterocycles. The van der Waals surface area contributed by atoms with Crippen LogP contribution in [0.2, 0.25) is 5.02 Å². The number of aromatic nitrogens is 1. The van der Waals surface area contributed by atoms with Crippen LogP contribution < -0.4 is 5.73 Å². The predicted octanol–water partition coefficient (Wildman–Crippen LogP) is 3.10. The van der Waals surface area contributed by atoms with Crippen LogP contribution >= 0.6 is 11.6 Å². The summed E-state index contributed by atoms with van der Waals surface area (Å²) in [7, 11) is 0. The fourth-order valence-corrected chi connectivity index (χ4v) is 4.25. The topological polar surface area (TPSA) is 96.5 Å². The second-order valence-corrected chi connectivity index (χ2v) is 7.73. The van der Waals surface area contributed by atoms with Crippen molar-refractivity contribution in [1.29, 1.82) is 0 Å². The minimum Gasteiger partial charge on any atom is -0.480 e. The Morgan fingerprint density at radius 3 is 2.57 bits per heavy atom. The molecular weight excluding hydrogens is 378 g/mol. The van der Waals surface area contributed by atoms with E-state index in [1.54, 1.807) is 18.3 Å². The van der Waals surface area contributed by atoms with Crippen molar-refractivity contribution in [2.45, 2.75) is 37.1 Å². The van der Waals surface area contributed by atoms with Crippen LogP contribution in [0.4, 0.5) is 0 Å². The normalized spacial score (nSPS) is 21.9. The molecule has 6 nitrogen and oxygen atoms in total. The van der Waals surface area contributed by atoms with Crippen molar-refractivity contribution < 1.29 is 14.7 Å². The Hall–Kier alpha value is -2.44. The molecule has 28 heavy (non-hydrogen) atoms. The van der Waals surface area contributed by atoms with Gasteiger partial charge in [-0.2, -0.15) is 0 Å². The number of nitrogens with two attached hydrogens (primary N) is 1. The van der Waals surface area contributed by atoms with Crippen LogP contribution in [0.5, 0.6) is 0 Å². The number of benzene rings is 1. The number of carboxylic acids is 1. The average Bonchev–Trinajstić information content (AvgIpc) is 2.72. The summed E-state index contributed by atoms with van der Waals surface area (Å²) in [5, 5.41) is 10.00. The molecule has 7 heteroatoms. The third kappa shape index (κ3) is 4.34. The predicted molar refractivity (Wildman–Crippen MR) is 107 cm³/mol.